The molecule has 0 aromatic heterocycles. The number of anilines is 2. The Morgan fingerprint density at radius 3 is 2.30 bits per heavy atom. The number of benzene rings is 2. The fraction of sp³-hybridized carbons (Fsp3) is 0.316. The molecular weight excluding hydrogens is 359 g/mol. The molecule has 1 saturated heterocycles. The number of aryl methyl sites for hydroxylation is 1. The zero-order valence-corrected chi connectivity index (χ0v) is 14.8. The molecule has 3 rings (SSSR count). The van der Waals surface area contributed by atoms with E-state index in [4.69, 9.17) is 0 Å². The van der Waals surface area contributed by atoms with Crippen molar-refractivity contribution in [3.63, 3.8) is 0 Å². The highest BCUT2D eigenvalue weighted by molar-refractivity contribution is 5.89. The normalized spacial score (nSPS) is 14.8. The number of rotatable bonds is 3. The van der Waals surface area contributed by atoms with E-state index < -0.39 is 6.36 Å². The van der Waals surface area contributed by atoms with Gasteiger partial charge in [0.2, 0.25) is 0 Å². The first-order valence-electron chi connectivity index (χ1n) is 8.53. The zero-order chi connectivity index (χ0) is 19.4. The molecule has 1 N–H and O–H groups in total. The predicted molar refractivity (Wildman–Crippen MR) is 97.1 cm³/mol. The van der Waals surface area contributed by atoms with Gasteiger partial charge in [0.1, 0.15) is 5.75 Å². The van der Waals surface area contributed by atoms with Crippen molar-refractivity contribution in [2.24, 2.45) is 0 Å². The van der Waals surface area contributed by atoms with Crippen LogP contribution in [0.2, 0.25) is 0 Å². The van der Waals surface area contributed by atoms with Gasteiger partial charge >= 0.3 is 12.4 Å². The quantitative estimate of drug-likeness (QED) is 0.867. The lowest BCUT2D eigenvalue weighted by Gasteiger charge is -2.36. The summed E-state index contributed by atoms with van der Waals surface area (Å²) >= 11 is 0. The molecule has 1 heterocycles. The third-order valence-corrected chi connectivity index (χ3v) is 4.27. The zero-order valence-electron chi connectivity index (χ0n) is 14.8. The summed E-state index contributed by atoms with van der Waals surface area (Å²) in [7, 11) is 0. The summed E-state index contributed by atoms with van der Waals surface area (Å²) in [6, 6.07) is 13.0. The van der Waals surface area contributed by atoms with Crippen LogP contribution in [0, 0.1) is 6.92 Å². The van der Waals surface area contributed by atoms with Crippen molar-refractivity contribution in [2.75, 3.05) is 36.4 Å². The molecule has 0 atom stereocenters. The smallest absolute Gasteiger partial charge is 0.406 e. The number of hydrogen-bond donors (Lipinski definition) is 1. The van der Waals surface area contributed by atoms with Gasteiger partial charge < -0.3 is 19.9 Å². The van der Waals surface area contributed by atoms with Crippen molar-refractivity contribution in [2.45, 2.75) is 13.3 Å². The average Bonchev–Trinajstić information content (AvgIpc) is 2.62. The number of carbonyl (C=O) groups is 1. The second-order valence-electron chi connectivity index (χ2n) is 6.32. The lowest BCUT2D eigenvalue weighted by atomic mass is 10.2. The van der Waals surface area contributed by atoms with Gasteiger partial charge in [0.05, 0.1) is 0 Å². The Balaban J connectivity index is 1.52. The van der Waals surface area contributed by atoms with Gasteiger partial charge in [-0.15, -0.1) is 13.2 Å². The van der Waals surface area contributed by atoms with Crippen molar-refractivity contribution in [1.29, 1.82) is 0 Å². The molecule has 0 spiro atoms. The van der Waals surface area contributed by atoms with Crippen molar-refractivity contribution < 1.29 is 22.7 Å². The largest absolute Gasteiger partial charge is 0.573 e. The van der Waals surface area contributed by atoms with Gasteiger partial charge in [0.25, 0.3) is 0 Å². The summed E-state index contributed by atoms with van der Waals surface area (Å²) in [5.41, 5.74) is 2.73. The number of piperazine rings is 1. The predicted octanol–water partition coefficient (Wildman–Crippen LogP) is 4.25. The Bertz CT molecular complexity index is 786. The van der Waals surface area contributed by atoms with Crippen LogP contribution >= 0.6 is 0 Å². The van der Waals surface area contributed by atoms with Crippen LogP contribution in [0.25, 0.3) is 0 Å². The number of urea groups is 1. The summed E-state index contributed by atoms with van der Waals surface area (Å²) in [6.45, 7) is 4.60. The molecular formula is C19H20F3N3O2. The van der Waals surface area contributed by atoms with E-state index >= 15 is 0 Å². The van der Waals surface area contributed by atoms with Gasteiger partial charge in [-0.25, -0.2) is 4.79 Å². The molecule has 2 aromatic carbocycles. The van der Waals surface area contributed by atoms with Gasteiger partial charge in [-0.05, 0) is 48.9 Å². The number of ether oxygens (including phenoxy) is 1. The maximum absolute atomic E-state index is 12.4. The number of hydrogen-bond acceptors (Lipinski definition) is 3. The van der Waals surface area contributed by atoms with E-state index in [1.807, 2.05) is 25.1 Å². The van der Waals surface area contributed by atoms with Crippen molar-refractivity contribution >= 4 is 17.4 Å². The number of carbonyl (C=O) groups excluding carboxylic acids is 1. The van der Waals surface area contributed by atoms with E-state index in [2.05, 4.69) is 21.0 Å². The first-order valence-corrected chi connectivity index (χ1v) is 8.53. The summed E-state index contributed by atoms with van der Waals surface area (Å²) in [5, 5.41) is 2.70. The number of nitrogens with zero attached hydrogens (tertiary/aromatic N) is 2. The number of halogens is 3. The van der Waals surface area contributed by atoms with Crippen LogP contribution in [0.15, 0.2) is 48.5 Å². The van der Waals surface area contributed by atoms with Crippen LogP contribution in [0.3, 0.4) is 0 Å². The first-order chi connectivity index (χ1) is 12.8. The van der Waals surface area contributed by atoms with E-state index in [0.717, 1.165) is 18.8 Å². The monoisotopic (exact) mass is 379 g/mol. The summed E-state index contributed by atoms with van der Waals surface area (Å²) < 4.78 is 40.3. The van der Waals surface area contributed by atoms with Gasteiger partial charge in [0.15, 0.2) is 0 Å². The van der Waals surface area contributed by atoms with Crippen LogP contribution < -0.4 is 15.0 Å². The van der Waals surface area contributed by atoms with E-state index in [0.29, 0.717) is 18.8 Å². The topological polar surface area (TPSA) is 44.8 Å². The summed E-state index contributed by atoms with van der Waals surface area (Å²) in [5.74, 6) is -0.327. The van der Waals surface area contributed by atoms with Crippen LogP contribution in [0.1, 0.15) is 5.56 Å². The molecule has 0 saturated carbocycles. The third kappa shape index (κ3) is 5.29. The Morgan fingerprint density at radius 2 is 1.70 bits per heavy atom. The van der Waals surface area contributed by atoms with Gasteiger partial charge in [-0.3, -0.25) is 0 Å². The Labute approximate surface area is 155 Å². The van der Waals surface area contributed by atoms with Gasteiger partial charge in [-0.1, -0.05) is 12.1 Å². The molecule has 0 radical (unpaired) electrons. The van der Waals surface area contributed by atoms with E-state index in [1.165, 1.54) is 29.8 Å². The molecule has 2 amide bonds. The highest BCUT2D eigenvalue weighted by Gasteiger charge is 2.31. The van der Waals surface area contributed by atoms with Crippen molar-refractivity contribution in [1.82, 2.24) is 4.90 Å². The second kappa shape index (κ2) is 7.77. The fourth-order valence-electron chi connectivity index (χ4n) is 2.93. The highest BCUT2D eigenvalue weighted by atomic mass is 19.4. The van der Waals surface area contributed by atoms with Gasteiger partial charge in [0, 0.05) is 37.6 Å². The van der Waals surface area contributed by atoms with Crippen LogP contribution in [0.5, 0.6) is 5.75 Å². The maximum Gasteiger partial charge on any atom is 0.573 e. The minimum absolute atomic E-state index is 0.275. The van der Waals surface area contributed by atoms with Crippen LogP contribution in [-0.4, -0.2) is 43.5 Å². The average molecular weight is 379 g/mol. The Kier molecular flexibility index (Phi) is 5.43. The number of nitrogens with one attached hydrogen (secondary N) is 1. The minimum Gasteiger partial charge on any atom is -0.406 e. The third-order valence-electron chi connectivity index (χ3n) is 4.27. The highest BCUT2D eigenvalue weighted by Crippen LogP contribution is 2.24. The molecule has 0 unspecified atom stereocenters. The minimum atomic E-state index is -4.73. The van der Waals surface area contributed by atoms with Crippen LogP contribution in [-0.2, 0) is 0 Å². The number of amides is 2. The molecule has 27 heavy (non-hydrogen) atoms. The Morgan fingerprint density at radius 1 is 1.04 bits per heavy atom. The van der Waals surface area contributed by atoms with Crippen molar-refractivity contribution in [3.05, 3.63) is 54.1 Å². The summed E-state index contributed by atoms with van der Waals surface area (Å²) in [6.07, 6.45) is -4.73. The second-order valence-corrected chi connectivity index (χ2v) is 6.32. The lowest BCUT2D eigenvalue weighted by Crippen LogP contribution is -2.50. The summed E-state index contributed by atoms with van der Waals surface area (Å²) in [4.78, 5) is 16.3. The Hall–Kier alpha value is -2.90. The molecule has 5 nitrogen and oxygen atoms in total. The maximum atomic E-state index is 12.4. The van der Waals surface area contributed by atoms with Gasteiger partial charge in [-0.2, -0.15) is 0 Å². The first kappa shape index (κ1) is 18.9. The molecule has 2 aromatic rings. The molecule has 1 aliphatic heterocycles. The SMILES string of the molecule is Cc1cccc(N2CCN(C(=O)Nc3ccc(OC(F)(F)F)cc3)CC2)c1. The molecule has 0 aliphatic carbocycles. The van der Waals surface area contributed by atoms with Crippen molar-refractivity contribution in [3.8, 4) is 5.75 Å². The van der Waals surface area contributed by atoms with E-state index in [1.54, 1.807) is 4.90 Å². The fourth-order valence-corrected chi connectivity index (χ4v) is 2.93. The van der Waals surface area contributed by atoms with E-state index in [9.17, 15) is 18.0 Å². The number of alkyl halides is 3. The van der Waals surface area contributed by atoms with E-state index in [-0.39, 0.29) is 11.8 Å². The van der Waals surface area contributed by atoms with Crippen LogP contribution in [0.4, 0.5) is 29.3 Å². The molecule has 1 fully saturated rings. The molecule has 1 aliphatic rings. The molecule has 0 bridgehead atoms. The standard InChI is InChI=1S/C19H20F3N3O2/c1-14-3-2-4-16(13-14)24-9-11-25(12-10-24)18(26)23-15-5-7-17(8-6-15)27-19(20,21)22/h2-8,13H,9-12H2,1H3,(H,23,26). The lowest BCUT2D eigenvalue weighted by molar-refractivity contribution is -0.274. The molecule has 144 valence electrons. The molecule has 8 heteroatoms.